The number of nitrogens with two attached hydrogens (primary N) is 1. The average Bonchev–Trinajstić information content (AvgIpc) is 3.80. The first-order valence-electron chi connectivity index (χ1n) is 15.7. The molecule has 0 bridgehead atoms. The van der Waals surface area contributed by atoms with Gasteiger partial charge in [0.05, 0.1) is 11.6 Å². The molecule has 3 aromatic carbocycles. The van der Waals surface area contributed by atoms with E-state index in [9.17, 15) is 23.5 Å². The molecule has 0 spiro atoms. The molecule has 1 fully saturated rings. The minimum atomic E-state index is -1.17. The molecule has 8 heteroatoms. The minimum Gasteiger partial charge on any atom is -0.390 e. The van der Waals surface area contributed by atoms with Crippen LogP contribution in [0.25, 0.3) is 0 Å². The summed E-state index contributed by atoms with van der Waals surface area (Å²) in [6.07, 6.45) is 2.78. The van der Waals surface area contributed by atoms with E-state index in [-0.39, 0.29) is 24.8 Å². The van der Waals surface area contributed by atoms with Crippen LogP contribution in [-0.4, -0.2) is 58.5 Å². The first kappa shape index (κ1) is 33.3. The second kappa shape index (κ2) is 14.4. The molecule has 0 heterocycles. The number of carbonyl (C=O) groups excluding carboxylic acids is 2. The van der Waals surface area contributed by atoms with Gasteiger partial charge in [0.1, 0.15) is 11.6 Å². The Labute approximate surface area is 259 Å². The highest BCUT2D eigenvalue weighted by Crippen LogP contribution is 2.52. The van der Waals surface area contributed by atoms with Gasteiger partial charge in [-0.3, -0.25) is 9.59 Å². The highest BCUT2D eigenvalue weighted by atomic mass is 19.1. The van der Waals surface area contributed by atoms with Crippen LogP contribution in [0.2, 0.25) is 0 Å². The number of halogens is 2. The van der Waals surface area contributed by atoms with Crippen molar-refractivity contribution >= 4 is 11.8 Å². The Morgan fingerprint density at radius 1 is 0.886 bits per heavy atom. The molecule has 3 aromatic rings. The van der Waals surface area contributed by atoms with Crippen molar-refractivity contribution in [2.75, 3.05) is 19.6 Å². The van der Waals surface area contributed by atoms with Crippen molar-refractivity contribution in [3.8, 4) is 0 Å². The minimum absolute atomic E-state index is 0.0317. The van der Waals surface area contributed by atoms with Crippen molar-refractivity contribution in [1.29, 1.82) is 0 Å². The number of carbonyl (C=O) groups is 2. The van der Waals surface area contributed by atoms with Gasteiger partial charge in [0.15, 0.2) is 0 Å². The van der Waals surface area contributed by atoms with Gasteiger partial charge in [-0.2, -0.15) is 0 Å². The van der Waals surface area contributed by atoms with Gasteiger partial charge in [-0.05, 0) is 98.0 Å². The fourth-order valence-corrected chi connectivity index (χ4v) is 6.05. The molecule has 2 atom stereocenters. The topological polar surface area (TPSA) is 86.9 Å². The van der Waals surface area contributed by atoms with Gasteiger partial charge in [0.2, 0.25) is 0 Å². The molecule has 0 aliphatic heterocycles. The lowest BCUT2D eigenvalue weighted by molar-refractivity contribution is 0.0409. The van der Waals surface area contributed by atoms with Crippen molar-refractivity contribution in [2.24, 2.45) is 5.73 Å². The van der Waals surface area contributed by atoms with E-state index < -0.39 is 29.3 Å². The molecular weight excluding hydrogens is 560 g/mol. The normalized spacial score (nSPS) is 15.0. The standard InChI is InChI=1S/C36H45F2N3O3/c1-5-13-40(14-6-2)34(43)27-15-24(4)16-28(21-27)35(44)41(36(11-12-36)29-10-8-9-25(7-3)17-29)23-33(42)32(39)20-26-18-30(37)22-31(38)19-26/h8-10,15-19,21-22,32-33,42H,5-7,11-14,20,23,39H2,1-4H3/t32-,33+/m0/s1. The SMILES string of the molecule is CCCN(CCC)C(=O)c1cc(C)cc(C(=O)N(C[C@@H](O)[C@@H](N)Cc2cc(F)cc(F)c2)C2(c3cccc(CC)c3)CC2)c1. The molecule has 2 amide bonds. The first-order chi connectivity index (χ1) is 21.0. The zero-order valence-corrected chi connectivity index (χ0v) is 26.3. The molecule has 4 rings (SSSR count). The molecule has 1 saturated carbocycles. The number of aliphatic hydroxyl groups is 1. The summed E-state index contributed by atoms with van der Waals surface area (Å²) in [6.45, 7) is 9.18. The van der Waals surface area contributed by atoms with Crippen LogP contribution in [0, 0.1) is 18.6 Å². The molecule has 0 unspecified atom stereocenters. The summed E-state index contributed by atoms with van der Waals surface area (Å²) in [5, 5.41) is 11.3. The number of amides is 2. The number of rotatable bonds is 14. The highest BCUT2D eigenvalue weighted by molar-refractivity contribution is 6.00. The molecular formula is C36H45F2N3O3. The van der Waals surface area contributed by atoms with Crippen LogP contribution in [0.5, 0.6) is 0 Å². The Morgan fingerprint density at radius 2 is 1.50 bits per heavy atom. The highest BCUT2D eigenvalue weighted by Gasteiger charge is 2.52. The van der Waals surface area contributed by atoms with Crippen LogP contribution < -0.4 is 5.73 Å². The van der Waals surface area contributed by atoms with Crippen molar-refractivity contribution in [3.63, 3.8) is 0 Å². The Bertz CT molecular complexity index is 1450. The van der Waals surface area contributed by atoms with E-state index in [1.807, 2.05) is 49.9 Å². The van der Waals surface area contributed by atoms with Gasteiger partial charge in [0.25, 0.3) is 11.8 Å². The predicted octanol–water partition coefficient (Wildman–Crippen LogP) is 6.16. The van der Waals surface area contributed by atoms with Crippen LogP contribution in [0.4, 0.5) is 8.78 Å². The maximum Gasteiger partial charge on any atom is 0.254 e. The number of nitrogens with zero attached hydrogens (tertiary/aromatic N) is 2. The van der Waals surface area contributed by atoms with Crippen LogP contribution in [0.3, 0.4) is 0 Å². The van der Waals surface area contributed by atoms with Gasteiger partial charge >= 0.3 is 0 Å². The number of hydrogen-bond donors (Lipinski definition) is 2. The van der Waals surface area contributed by atoms with Gasteiger partial charge < -0.3 is 20.6 Å². The van der Waals surface area contributed by atoms with Crippen molar-refractivity contribution in [1.82, 2.24) is 9.80 Å². The van der Waals surface area contributed by atoms with E-state index in [0.717, 1.165) is 42.0 Å². The molecule has 44 heavy (non-hydrogen) atoms. The summed E-state index contributed by atoms with van der Waals surface area (Å²) < 4.78 is 27.7. The zero-order chi connectivity index (χ0) is 32.0. The van der Waals surface area contributed by atoms with Crippen LogP contribution in [-0.2, 0) is 18.4 Å². The lowest BCUT2D eigenvalue weighted by Crippen LogP contribution is -2.50. The fraction of sp³-hybridized carbons (Fsp3) is 0.444. The first-order valence-corrected chi connectivity index (χ1v) is 15.7. The number of aryl methyl sites for hydroxylation is 2. The second-order valence-corrected chi connectivity index (χ2v) is 12.1. The fourth-order valence-electron chi connectivity index (χ4n) is 6.05. The van der Waals surface area contributed by atoms with E-state index in [4.69, 9.17) is 5.73 Å². The van der Waals surface area contributed by atoms with E-state index in [1.165, 1.54) is 12.1 Å². The molecule has 3 N–H and O–H groups in total. The number of benzene rings is 3. The summed E-state index contributed by atoms with van der Waals surface area (Å²) >= 11 is 0. The van der Waals surface area contributed by atoms with Gasteiger partial charge in [-0.25, -0.2) is 8.78 Å². The summed E-state index contributed by atoms with van der Waals surface area (Å²) in [5.74, 6) is -1.85. The second-order valence-electron chi connectivity index (χ2n) is 12.1. The van der Waals surface area contributed by atoms with E-state index in [2.05, 4.69) is 13.0 Å². The lowest BCUT2D eigenvalue weighted by atomic mass is 9.95. The van der Waals surface area contributed by atoms with Crippen LogP contribution in [0.1, 0.15) is 89.4 Å². The monoisotopic (exact) mass is 605 g/mol. The van der Waals surface area contributed by atoms with E-state index in [1.54, 1.807) is 17.0 Å². The van der Waals surface area contributed by atoms with Crippen molar-refractivity contribution < 1.29 is 23.5 Å². The third kappa shape index (κ3) is 7.71. The lowest BCUT2D eigenvalue weighted by Gasteiger charge is -2.36. The number of aliphatic hydroxyl groups excluding tert-OH is 1. The third-order valence-electron chi connectivity index (χ3n) is 8.46. The number of hydrogen-bond acceptors (Lipinski definition) is 4. The summed E-state index contributed by atoms with van der Waals surface area (Å²) in [5.41, 5.74) is 9.81. The van der Waals surface area contributed by atoms with Gasteiger partial charge in [-0.1, -0.05) is 45.0 Å². The van der Waals surface area contributed by atoms with Gasteiger partial charge in [0, 0.05) is 42.9 Å². The molecule has 0 saturated heterocycles. The smallest absolute Gasteiger partial charge is 0.254 e. The molecule has 0 aromatic heterocycles. The molecule has 1 aliphatic carbocycles. The molecule has 0 radical (unpaired) electrons. The predicted molar refractivity (Wildman–Crippen MR) is 169 cm³/mol. The van der Waals surface area contributed by atoms with E-state index in [0.29, 0.717) is 42.6 Å². The van der Waals surface area contributed by atoms with Crippen LogP contribution in [0.15, 0.2) is 60.7 Å². The quantitative estimate of drug-likeness (QED) is 0.231. The maximum absolute atomic E-state index is 14.5. The third-order valence-corrected chi connectivity index (χ3v) is 8.46. The Balaban J connectivity index is 1.69. The van der Waals surface area contributed by atoms with E-state index >= 15 is 0 Å². The average molecular weight is 606 g/mol. The molecule has 1 aliphatic rings. The summed E-state index contributed by atoms with van der Waals surface area (Å²) in [6, 6.07) is 15.7. The van der Waals surface area contributed by atoms with Crippen LogP contribution >= 0.6 is 0 Å². The van der Waals surface area contributed by atoms with Crippen molar-refractivity contribution in [3.05, 3.63) is 106 Å². The largest absolute Gasteiger partial charge is 0.390 e. The summed E-state index contributed by atoms with van der Waals surface area (Å²) in [7, 11) is 0. The summed E-state index contributed by atoms with van der Waals surface area (Å²) in [4.78, 5) is 31.5. The zero-order valence-electron chi connectivity index (χ0n) is 26.3. The Hall–Kier alpha value is -3.62. The maximum atomic E-state index is 14.5. The molecule has 6 nitrogen and oxygen atoms in total. The molecule has 236 valence electrons. The Morgan fingerprint density at radius 3 is 2.07 bits per heavy atom. The van der Waals surface area contributed by atoms with Crippen molar-refractivity contribution in [2.45, 2.75) is 83.9 Å². The Kier molecular flexibility index (Phi) is 10.9. The van der Waals surface area contributed by atoms with Gasteiger partial charge in [-0.15, -0.1) is 0 Å².